The first-order valence-electron chi connectivity index (χ1n) is 10.1. The summed E-state index contributed by atoms with van der Waals surface area (Å²) >= 11 is 0. The van der Waals surface area contributed by atoms with Gasteiger partial charge < -0.3 is 20.1 Å². The molecule has 2 N–H and O–H groups in total. The summed E-state index contributed by atoms with van der Waals surface area (Å²) in [5.41, 5.74) is 3.80. The fraction of sp³-hybridized carbons (Fsp3) is 0.478. The van der Waals surface area contributed by atoms with Crippen molar-refractivity contribution in [1.29, 1.82) is 0 Å². The number of benzene rings is 2. The molecule has 0 amide bonds. The minimum atomic E-state index is 0. The maximum Gasteiger partial charge on any atom is 0.118 e. The van der Waals surface area contributed by atoms with E-state index >= 15 is 0 Å². The minimum absolute atomic E-state index is 0. The Morgan fingerprint density at radius 2 is 1.75 bits per heavy atom. The zero-order valence-corrected chi connectivity index (χ0v) is 17.3. The number of rotatable bonds is 6. The standard InChI is InChI=1S/C23H30N2O2.ClH/c1-26-20-11-9-19(10-12-20)18-7-5-17(6-8-18)15-25-22-4-2-3-21(22)23-16-27-14-13-24-23;/h5-12,21-25H,2-4,13-16H2,1H3;1H. The SMILES string of the molecule is COc1ccc(-c2ccc(CNC3CCCC3C3COCCN3)cc2)cc1.Cl. The molecule has 0 bridgehead atoms. The van der Waals surface area contributed by atoms with Crippen LogP contribution in [0.15, 0.2) is 48.5 Å². The van der Waals surface area contributed by atoms with E-state index in [1.165, 1.54) is 36.0 Å². The van der Waals surface area contributed by atoms with E-state index in [4.69, 9.17) is 9.47 Å². The van der Waals surface area contributed by atoms with E-state index in [1.54, 1.807) is 7.11 Å². The van der Waals surface area contributed by atoms with Gasteiger partial charge >= 0.3 is 0 Å². The highest BCUT2D eigenvalue weighted by atomic mass is 35.5. The van der Waals surface area contributed by atoms with Crippen molar-refractivity contribution in [3.8, 4) is 16.9 Å². The van der Waals surface area contributed by atoms with Crippen LogP contribution >= 0.6 is 12.4 Å². The van der Waals surface area contributed by atoms with Crippen molar-refractivity contribution in [3.63, 3.8) is 0 Å². The van der Waals surface area contributed by atoms with Gasteiger partial charge in [-0.25, -0.2) is 0 Å². The average Bonchev–Trinajstić information content (AvgIpc) is 3.22. The van der Waals surface area contributed by atoms with Crippen LogP contribution in [0.1, 0.15) is 24.8 Å². The summed E-state index contributed by atoms with van der Waals surface area (Å²) in [6, 6.07) is 18.2. The van der Waals surface area contributed by atoms with Gasteiger partial charge in [-0.15, -0.1) is 12.4 Å². The lowest BCUT2D eigenvalue weighted by molar-refractivity contribution is 0.0524. The number of hydrogen-bond acceptors (Lipinski definition) is 4. The van der Waals surface area contributed by atoms with E-state index < -0.39 is 0 Å². The Labute approximate surface area is 174 Å². The molecule has 1 saturated heterocycles. The highest BCUT2D eigenvalue weighted by molar-refractivity contribution is 5.85. The number of nitrogens with one attached hydrogen (secondary N) is 2. The van der Waals surface area contributed by atoms with Crippen LogP contribution in [0.5, 0.6) is 5.75 Å². The molecule has 4 nitrogen and oxygen atoms in total. The molecule has 28 heavy (non-hydrogen) atoms. The molecule has 3 unspecified atom stereocenters. The minimum Gasteiger partial charge on any atom is -0.497 e. The number of ether oxygens (including phenoxy) is 2. The van der Waals surface area contributed by atoms with Crippen molar-refractivity contribution < 1.29 is 9.47 Å². The molecular formula is C23H31ClN2O2. The van der Waals surface area contributed by atoms with Crippen molar-refractivity contribution in [1.82, 2.24) is 10.6 Å². The van der Waals surface area contributed by atoms with Crippen molar-refractivity contribution in [2.45, 2.75) is 37.9 Å². The highest BCUT2D eigenvalue weighted by Gasteiger charge is 2.34. The smallest absolute Gasteiger partial charge is 0.118 e. The van der Waals surface area contributed by atoms with Crippen LogP contribution in [0.2, 0.25) is 0 Å². The summed E-state index contributed by atoms with van der Waals surface area (Å²) in [6.45, 7) is 3.62. The molecule has 1 aliphatic carbocycles. The van der Waals surface area contributed by atoms with Crippen LogP contribution in [-0.2, 0) is 11.3 Å². The molecule has 5 heteroatoms. The number of morpholine rings is 1. The molecule has 4 rings (SSSR count). The van der Waals surface area contributed by atoms with E-state index in [1.807, 2.05) is 12.1 Å². The third-order valence-corrected chi connectivity index (χ3v) is 5.98. The monoisotopic (exact) mass is 402 g/mol. The lowest BCUT2D eigenvalue weighted by Gasteiger charge is -2.33. The van der Waals surface area contributed by atoms with Crippen LogP contribution in [0, 0.1) is 5.92 Å². The molecule has 152 valence electrons. The molecule has 2 aromatic rings. The van der Waals surface area contributed by atoms with Gasteiger partial charge in [-0.05, 0) is 47.6 Å². The second-order valence-corrected chi connectivity index (χ2v) is 7.64. The van der Waals surface area contributed by atoms with Gasteiger partial charge in [0.2, 0.25) is 0 Å². The highest BCUT2D eigenvalue weighted by Crippen LogP contribution is 2.30. The second-order valence-electron chi connectivity index (χ2n) is 7.64. The number of hydrogen-bond donors (Lipinski definition) is 2. The third kappa shape index (κ3) is 5.06. The Kier molecular flexibility index (Phi) is 7.74. The average molecular weight is 403 g/mol. The van der Waals surface area contributed by atoms with Gasteiger partial charge in [-0.3, -0.25) is 0 Å². The van der Waals surface area contributed by atoms with Gasteiger partial charge in [0.25, 0.3) is 0 Å². The molecule has 2 aromatic carbocycles. The molecule has 2 fully saturated rings. The Morgan fingerprint density at radius 1 is 1.04 bits per heavy atom. The fourth-order valence-corrected chi connectivity index (χ4v) is 4.43. The third-order valence-electron chi connectivity index (χ3n) is 5.98. The van der Waals surface area contributed by atoms with Gasteiger partial charge in [0, 0.05) is 25.2 Å². The van der Waals surface area contributed by atoms with Crippen LogP contribution < -0.4 is 15.4 Å². The molecular weight excluding hydrogens is 372 g/mol. The Morgan fingerprint density at radius 3 is 2.39 bits per heavy atom. The van der Waals surface area contributed by atoms with E-state index in [9.17, 15) is 0 Å². The molecule has 2 aliphatic rings. The Bertz CT molecular complexity index is 714. The predicted molar refractivity (Wildman–Crippen MR) is 116 cm³/mol. The van der Waals surface area contributed by atoms with Crippen molar-refractivity contribution >= 4 is 12.4 Å². The first-order valence-corrected chi connectivity index (χ1v) is 10.1. The first kappa shape index (κ1) is 21.1. The first-order chi connectivity index (χ1) is 13.3. The molecule has 1 heterocycles. The van der Waals surface area contributed by atoms with Gasteiger partial charge in [0.05, 0.1) is 20.3 Å². The van der Waals surface area contributed by atoms with Gasteiger partial charge in [0.1, 0.15) is 5.75 Å². The maximum atomic E-state index is 5.68. The van der Waals surface area contributed by atoms with E-state index in [2.05, 4.69) is 47.0 Å². The fourth-order valence-electron chi connectivity index (χ4n) is 4.43. The Hall–Kier alpha value is -1.59. The van der Waals surface area contributed by atoms with E-state index in [0.29, 0.717) is 18.0 Å². The summed E-state index contributed by atoms with van der Waals surface area (Å²) in [5, 5.41) is 7.46. The quantitative estimate of drug-likeness (QED) is 0.765. The summed E-state index contributed by atoms with van der Waals surface area (Å²) in [7, 11) is 1.70. The lowest BCUT2D eigenvalue weighted by Crippen LogP contribution is -2.50. The van der Waals surface area contributed by atoms with Crippen molar-refractivity contribution in [2.75, 3.05) is 26.9 Å². The van der Waals surface area contributed by atoms with Gasteiger partial charge in [-0.2, -0.15) is 0 Å². The Balaban J connectivity index is 0.00000225. The van der Waals surface area contributed by atoms with Crippen molar-refractivity contribution in [3.05, 3.63) is 54.1 Å². The van der Waals surface area contributed by atoms with Crippen LogP contribution in [-0.4, -0.2) is 39.0 Å². The number of halogens is 1. The topological polar surface area (TPSA) is 42.5 Å². The summed E-state index contributed by atoms with van der Waals surface area (Å²) in [4.78, 5) is 0. The lowest BCUT2D eigenvalue weighted by atomic mass is 9.94. The van der Waals surface area contributed by atoms with Crippen LogP contribution in [0.3, 0.4) is 0 Å². The zero-order chi connectivity index (χ0) is 18.5. The molecule has 0 aromatic heterocycles. The van der Waals surface area contributed by atoms with Gasteiger partial charge in [-0.1, -0.05) is 42.8 Å². The molecule has 1 aliphatic heterocycles. The second kappa shape index (κ2) is 10.3. The molecule has 0 spiro atoms. The normalized spacial score (nSPS) is 24.5. The summed E-state index contributed by atoms with van der Waals surface area (Å²) < 4.78 is 10.9. The van der Waals surface area contributed by atoms with Crippen LogP contribution in [0.25, 0.3) is 11.1 Å². The number of methoxy groups -OCH3 is 1. The van der Waals surface area contributed by atoms with Gasteiger partial charge in [0.15, 0.2) is 0 Å². The maximum absolute atomic E-state index is 5.68. The summed E-state index contributed by atoms with van der Waals surface area (Å²) in [5.74, 6) is 1.58. The largest absolute Gasteiger partial charge is 0.497 e. The predicted octanol–water partition coefficient (Wildman–Crippen LogP) is 4.03. The van der Waals surface area contributed by atoms with E-state index in [-0.39, 0.29) is 12.4 Å². The molecule has 0 radical (unpaired) electrons. The van der Waals surface area contributed by atoms with E-state index in [0.717, 1.165) is 32.1 Å². The van der Waals surface area contributed by atoms with Crippen LogP contribution in [0.4, 0.5) is 0 Å². The summed E-state index contributed by atoms with van der Waals surface area (Å²) in [6.07, 6.45) is 3.89. The molecule has 3 atom stereocenters. The zero-order valence-electron chi connectivity index (χ0n) is 16.5. The molecule has 1 saturated carbocycles. The van der Waals surface area contributed by atoms with Crippen molar-refractivity contribution in [2.24, 2.45) is 5.92 Å².